The Labute approximate surface area is 238 Å². The lowest BCUT2D eigenvalue weighted by molar-refractivity contribution is 0.0695. The minimum absolute atomic E-state index is 0.0326. The van der Waals surface area contributed by atoms with Gasteiger partial charge in [0.1, 0.15) is 23.8 Å². The average molecular weight is 586 g/mol. The van der Waals surface area contributed by atoms with Crippen LogP contribution in [0.2, 0.25) is 10.0 Å². The van der Waals surface area contributed by atoms with Crippen LogP contribution in [0.4, 0.5) is 5.69 Å². The van der Waals surface area contributed by atoms with Gasteiger partial charge in [-0.1, -0.05) is 23.2 Å². The Hall–Kier alpha value is -3.93. The number of anilines is 1. The first-order chi connectivity index (χ1) is 19.4. The molecule has 1 N–H and O–H groups in total. The van der Waals surface area contributed by atoms with Crippen LogP contribution in [-0.2, 0) is 4.74 Å². The molecule has 4 heterocycles. The Morgan fingerprint density at radius 1 is 1.12 bits per heavy atom. The van der Waals surface area contributed by atoms with Crippen molar-refractivity contribution in [1.82, 2.24) is 19.5 Å². The van der Waals surface area contributed by atoms with Crippen LogP contribution >= 0.6 is 23.2 Å². The SMILES string of the molecule is COCCOc1cnc(-n2cc(C(=O)O)c(=O)c3cc(Cl)c(N4CCC[C@@H]4COc4ncccc4Cl)cc32)cn1. The number of aromatic nitrogens is 4. The fourth-order valence-electron chi connectivity index (χ4n) is 4.61. The number of halogens is 2. The van der Waals surface area contributed by atoms with Gasteiger partial charge in [-0.2, -0.15) is 0 Å². The minimum atomic E-state index is -1.36. The molecule has 0 radical (unpaired) electrons. The summed E-state index contributed by atoms with van der Waals surface area (Å²) in [6, 6.07) is 6.67. The van der Waals surface area contributed by atoms with Crippen LogP contribution in [-0.4, -0.2) is 70.1 Å². The standard InChI is InChI=1S/C27H25Cl2N5O6/c1-38-8-9-39-24-13-31-23(12-32-24)34-14-18(27(36)37)25(35)17-10-20(29)22(11-21(17)34)33-7-3-4-16(33)15-40-26-19(28)5-2-6-30-26/h2,5-6,10-14,16H,3-4,7-9,15H2,1H3,(H,36,37)/t16-/m1/s1. The van der Waals surface area contributed by atoms with Crippen molar-refractivity contribution in [3.05, 3.63) is 74.9 Å². The Balaban J connectivity index is 1.53. The summed E-state index contributed by atoms with van der Waals surface area (Å²) in [7, 11) is 1.56. The highest BCUT2D eigenvalue weighted by Gasteiger charge is 2.29. The van der Waals surface area contributed by atoms with Crippen molar-refractivity contribution in [2.75, 3.05) is 38.4 Å². The molecule has 0 unspecified atom stereocenters. The van der Waals surface area contributed by atoms with Crippen LogP contribution in [0.1, 0.15) is 23.2 Å². The number of carboxylic acids is 1. The molecule has 1 aliphatic rings. The maximum absolute atomic E-state index is 13.1. The zero-order valence-electron chi connectivity index (χ0n) is 21.4. The van der Waals surface area contributed by atoms with Gasteiger partial charge in [-0.25, -0.2) is 19.7 Å². The number of rotatable bonds is 10. The molecule has 0 saturated carbocycles. The van der Waals surface area contributed by atoms with E-state index in [-0.39, 0.29) is 17.3 Å². The third-order valence-corrected chi connectivity index (χ3v) is 7.12. The highest BCUT2D eigenvalue weighted by molar-refractivity contribution is 6.34. The van der Waals surface area contributed by atoms with Gasteiger partial charge in [-0.15, -0.1) is 0 Å². The second kappa shape index (κ2) is 12.1. The number of carboxylic acid groups (broad SMARTS) is 1. The van der Waals surface area contributed by atoms with E-state index in [0.717, 1.165) is 12.8 Å². The van der Waals surface area contributed by atoms with Crippen molar-refractivity contribution in [3.8, 4) is 17.6 Å². The Kier molecular flexibility index (Phi) is 8.34. The van der Waals surface area contributed by atoms with Crippen LogP contribution in [0, 0.1) is 0 Å². The maximum atomic E-state index is 13.1. The molecular formula is C27H25Cl2N5O6. The number of hydrogen-bond acceptors (Lipinski definition) is 9. The zero-order valence-corrected chi connectivity index (χ0v) is 22.9. The third kappa shape index (κ3) is 5.67. The third-order valence-electron chi connectivity index (χ3n) is 6.53. The van der Waals surface area contributed by atoms with E-state index >= 15 is 0 Å². The lowest BCUT2D eigenvalue weighted by atomic mass is 10.1. The topological polar surface area (TPSA) is 129 Å². The van der Waals surface area contributed by atoms with Gasteiger partial charge in [-0.05, 0) is 37.1 Å². The molecule has 1 aliphatic heterocycles. The molecule has 1 atom stereocenters. The first-order valence-corrected chi connectivity index (χ1v) is 13.2. The highest BCUT2D eigenvalue weighted by atomic mass is 35.5. The summed E-state index contributed by atoms with van der Waals surface area (Å²) in [6.07, 6.45) is 7.46. The first-order valence-electron chi connectivity index (χ1n) is 12.4. The van der Waals surface area contributed by atoms with Crippen LogP contribution in [0.5, 0.6) is 11.8 Å². The largest absolute Gasteiger partial charge is 0.477 e. The summed E-state index contributed by atoms with van der Waals surface area (Å²) in [5.41, 5.74) is 0.0381. The number of hydrogen-bond donors (Lipinski definition) is 1. The molecule has 3 aromatic heterocycles. The van der Waals surface area contributed by atoms with E-state index in [1.54, 1.807) is 31.5 Å². The Morgan fingerprint density at radius 3 is 2.70 bits per heavy atom. The molecule has 0 bridgehead atoms. The summed E-state index contributed by atoms with van der Waals surface area (Å²) in [6.45, 7) is 1.71. The van der Waals surface area contributed by atoms with Crippen LogP contribution in [0.15, 0.2) is 53.8 Å². The van der Waals surface area contributed by atoms with Gasteiger partial charge >= 0.3 is 5.97 Å². The quantitative estimate of drug-likeness (QED) is 0.269. The normalized spacial score (nSPS) is 15.0. The molecule has 0 spiro atoms. The molecule has 40 heavy (non-hydrogen) atoms. The van der Waals surface area contributed by atoms with E-state index in [2.05, 4.69) is 19.9 Å². The Morgan fingerprint density at radius 2 is 1.98 bits per heavy atom. The monoisotopic (exact) mass is 585 g/mol. The molecular weight excluding hydrogens is 561 g/mol. The number of pyridine rings is 2. The van der Waals surface area contributed by atoms with Crippen molar-refractivity contribution in [2.24, 2.45) is 0 Å². The molecule has 1 saturated heterocycles. The molecule has 5 rings (SSSR count). The van der Waals surface area contributed by atoms with Crippen molar-refractivity contribution >= 4 is 45.8 Å². The van der Waals surface area contributed by atoms with Crippen molar-refractivity contribution < 1.29 is 24.1 Å². The number of methoxy groups -OCH3 is 1. The lowest BCUT2D eigenvalue weighted by Crippen LogP contribution is -2.34. The van der Waals surface area contributed by atoms with Gasteiger partial charge in [-0.3, -0.25) is 9.36 Å². The summed E-state index contributed by atoms with van der Waals surface area (Å²) in [5, 5.41) is 10.6. The van der Waals surface area contributed by atoms with E-state index < -0.39 is 17.0 Å². The maximum Gasteiger partial charge on any atom is 0.341 e. The predicted molar refractivity (Wildman–Crippen MR) is 150 cm³/mol. The van der Waals surface area contributed by atoms with Crippen molar-refractivity contribution in [1.29, 1.82) is 0 Å². The van der Waals surface area contributed by atoms with E-state index in [4.69, 9.17) is 37.4 Å². The summed E-state index contributed by atoms with van der Waals surface area (Å²) < 4.78 is 17.9. The van der Waals surface area contributed by atoms with Gasteiger partial charge in [0.05, 0.1) is 41.3 Å². The van der Waals surface area contributed by atoms with Crippen LogP contribution in [0.3, 0.4) is 0 Å². The summed E-state index contributed by atoms with van der Waals surface area (Å²) >= 11 is 12.9. The molecule has 1 aromatic carbocycles. The fourth-order valence-corrected chi connectivity index (χ4v) is 5.06. The van der Waals surface area contributed by atoms with E-state index in [1.807, 2.05) is 0 Å². The lowest BCUT2D eigenvalue weighted by Gasteiger charge is -2.28. The first kappa shape index (κ1) is 27.6. The van der Waals surface area contributed by atoms with E-state index in [1.165, 1.54) is 29.2 Å². The van der Waals surface area contributed by atoms with Crippen LogP contribution in [0.25, 0.3) is 16.7 Å². The number of carbonyl (C=O) groups is 1. The Bertz CT molecular complexity index is 1600. The van der Waals surface area contributed by atoms with Gasteiger partial charge in [0, 0.05) is 31.4 Å². The molecule has 0 aliphatic carbocycles. The van der Waals surface area contributed by atoms with Gasteiger partial charge < -0.3 is 24.2 Å². The van der Waals surface area contributed by atoms with Gasteiger partial charge in [0.25, 0.3) is 0 Å². The predicted octanol–water partition coefficient (Wildman–Crippen LogP) is 4.25. The van der Waals surface area contributed by atoms with Gasteiger partial charge in [0.2, 0.25) is 17.2 Å². The second-order valence-corrected chi connectivity index (χ2v) is 9.83. The number of ether oxygens (including phenoxy) is 3. The molecule has 1 fully saturated rings. The zero-order chi connectivity index (χ0) is 28.2. The van der Waals surface area contributed by atoms with E-state index in [0.29, 0.717) is 59.3 Å². The fraction of sp³-hybridized carbons (Fsp3) is 0.296. The molecule has 11 nitrogen and oxygen atoms in total. The molecule has 0 amide bonds. The minimum Gasteiger partial charge on any atom is -0.477 e. The average Bonchev–Trinajstić information content (AvgIpc) is 3.41. The van der Waals surface area contributed by atoms with Crippen molar-refractivity contribution in [3.63, 3.8) is 0 Å². The van der Waals surface area contributed by atoms with Crippen molar-refractivity contribution in [2.45, 2.75) is 18.9 Å². The highest BCUT2D eigenvalue weighted by Crippen LogP contribution is 2.36. The van der Waals surface area contributed by atoms with Crippen LogP contribution < -0.4 is 19.8 Å². The number of benzene rings is 1. The molecule has 208 valence electrons. The number of aromatic carboxylic acids is 1. The molecule has 13 heteroatoms. The molecule has 4 aromatic rings. The smallest absolute Gasteiger partial charge is 0.341 e. The summed E-state index contributed by atoms with van der Waals surface area (Å²) in [5.74, 6) is -0.436. The van der Waals surface area contributed by atoms with Gasteiger partial charge in [0.15, 0.2) is 5.82 Å². The summed E-state index contributed by atoms with van der Waals surface area (Å²) in [4.78, 5) is 40.0. The number of nitrogens with zero attached hydrogens (tertiary/aromatic N) is 5. The van der Waals surface area contributed by atoms with E-state index in [9.17, 15) is 14.7 Å². The number of fused-ring (bicyclic) bond motifs is 1. The second-order valence-electron chi connectivity index (χ2n) is 9.01.